The van der Waals surface area contributed by atoms with Gasteiger partial charge in [-0.2, -0.15) is 0 Å². The molecule has 0 aliphatic rings. The van der Waals surface area contributed by atoms with Gasteiger partial charge in [0.25, 0.3) is 0 Å². The van der Waals surface area contributed by atoms with Crippen LogP contribution in [0.2, 0.25) is 8.87 Å². The van der Waals surface area contributed by atoms with E-state index >= 15 is 0 Å². The van der Waals surface area contributed by atoms with Crippen molar-refractivity contribution < 1.29 is 9.90 Å². The topological polar surface area (TPSA) is 37.3 Å². The third kappa shape index (κ3) is 30.7. The summed E-state index contributed by atoms with van der Waals surface area (Å²) in [5, 5.41) is 7.91. The Balaban J connectivity index is 0. The molecule has 23 heavy (non-hydrogen) atoms. The van der Waals surface area contributed by atoms with E-state index in [1.165, 1.54) is 64.2 Å². The fourth-order valence-electron chi connectivity index (χ4n) is 2.40. The number of unbranched alkanes of at least 4 members (excludes halogenated alkanes) is 10. The van der Waals surface area contributed by atoms with E-state index in [-0.39, 0.29) is 21.1 Å². The molecule has 0 aromatic carbocycles. The van der Waals surface area contributed by atoms with Crippen molar-refractivity contribution in [3.63, 3.8) is 0 Å². The molecule has 0 aromatic heterocycles. The van der Waals surface area contributed by atoms with Crippen molar-refractivity contribution in [3.8, 4) is 0 Å². The normalized spacial score (nSPS) is 10.2. The molecule has 0 aliphatic carbocycles. The molecule has 0 saturated heterocycles. The summed E-state index contributed by atoms with van der Waals surface area (Å²) in [6, 6.07) is 0. The molecule has 0 amide bonds. The van der Waals surface area contributed by atoms with Gasteiger partial charge in [-0.1, -0.05) is 6.92 Å². The Morgan fingerprint density at radius 3 is 1.35 bits per heavy atom. The van der Waals surface area contributed by atoms with Crippen LogP contribution >= 0.6 is 0 Å². The van der Waals surface area contributed by atoms with Crippen molar-refractivity contribution in [2.75, 3.05) is 0 Å². The molecule has 0 unspecified atom stereocenters. The summed E-state index contributed by atoms with van der Waals surface area (Å²) >= 11 is 0.0736. The third-order valence-electron chi connectivity index (χ3n) is 3.88. The second-order valence-electron chi connectivity index (χ2n) is 6.43. The maximum absolute atomic E-state index is 9.60. The average molecular weight is 433 g/mol. The second kappa shape index (κ2) is 24.5. The Kier molecular flexibility index (Phi) is 27.2. The van der Waals surface area contributed by atoms with Gasteiger partial charge in [0.2, 0.25) is 0 Å². The number of aliphatic carboxylic acids is 1. The monoisotopic (exact) mass is 434 g/mol. The molecule has 3 heteroatoms. The van der Waals surface area contributed by atoms with Crippen molar-refractivity contribution in [2.45, 2.75) is 120 Å². The van der Waals surface area contributed by atoms with Crippen LogP contribution in [0.1, 0.15) is 111 Å². The van der Waals surface area contributed by atoms with Gasteiger partial charge in [0, 0.05) is 6.42 Å². The van der Waals surface area contributed by atoms with Crippen molar-refractivity contribution in [3.05, 3.63) is 0 Å². The Morgan fingerprint density at radius 2 is 1.04 bits per heavy atom. The molecule has 2 nitrogen and oxygen atoms in total. The molecule has 0 heterocycles. The van der Waals surface area contributed by atoms with E-state index < -0.39 is 5.97 Å². The van der Waals surface area contributed by atoms with Gasteiger partial charge < -0.3 is 5.11 Å². The van der Waals surface area contributed by atoms with Crippen LogP contribution in [0.4, 0.5) is 0 Å². The van der Waals surface area contributed by atoms with E-state index in [4.69, 9.17) is 5.11 Å². The summed E-state index contributed by atoms with van der Waals surface area (Å²) in [5.41, 5.74) is 0. The molecule has 0 spiro atoms. The molecular weight excluding hydrogens is 391 g/mol. The number of rotatable bonds is 16. The number of carbonyl (C=O) groups is 1. The zero-order valence-corrected chi connectivity index (χ0v) is 19.0. The summed E-state index contributed by atoms with van der Waals surface area (Å²) in [6.45, 7) is 6.44. The molecule has 0 fully saturated rings. The second-order valence-corrected chi connectivity index (χ2v) is 10.7. The Morgan fingerprint density at radius 1 is 0.652 bits per heavy atom. The predicted octanol–water partition coefficient (Wildman–Crippen LogP) is 7.12. The van der Waals surface area contributed by atoms with Crippen LogP contribution in [0, 0.1) is 0 Å². The summed E-state index contributed by atoms with van der Waals surface area (Å²) in [7, 11) is 0. The first kappa shape index (κ1) is 25.5. The SMILES string of the molecule is CCCC(=O)O.CCCCCCC[CH2][Sn][CH2]CCCCCCC. The fourth-order valence-corrected chi connectivity index (χ4v) is 5.97. The number of carboxylic acid groups (broad SMARTS) is 1. The Bertz CT molecular complexity index is 206. The molecule has 2 radical (unpaired) electrons. The quantitative estimate of drug-likeness (QED) is 0.208. The van der Waals surface area contributed by atoms with Crippen molar-refractivity contribution in [1.82, 2.24) is 0 Å². The average Bonchev–Trinajstić information content (AvgIpc) is 2.52. The first-order chi connectivity index (χ1) is 11.2. The van der Waals surface area contributed by atoms with Crippen LogP contribution in [0.15, 0.2) is 0 Å². The molecule has 138 valence electrons. The first-order valence-corrected chi connectivity index (χ1v) is 14.1. The number of hydrogen-bond acceptors (Lipinski definition) is 1. The van der Waals surface area contributed by atoms with Crippen LogP contribution in [0.5, 0.6) is 0 Å². The molecule has 0 saturated carbocycles. The van der Waals surface area contributed by atoms with Gasteiger partial charge in [-0.15, -0.1) is 0 Å². The molecule has 0 aromatic rings. The summed E-state index contributed by atoms with van der Waals surface area (Å²) < 4.78 is 3.31. The van der Waals surface area contributed by atoms with Crippen LogP contribution in [0.25, 0.3) is 0 Å². The van der Waals surface area contributed by atoms with Crippen LogP contribution in [-0.2, 0) is 4.79 Å². The predicted molar refractivity (Wildman–Crippen MR) is 105 cm³/mol. The first-order valence-electron chi connectivity index (χ1n) is 10.1. The zero-order chi connectivity index (χ0) is 17.6. The minimum absolute atomic E-state index is 0.0736. The van der Waals surface area contributed by atoms with Crippen LogP contribution < -0.4 is 0 Å². The zero-order valence-electron chi connectivity index (χ0n) is 16.2. The van der Waals surface area contributed by atoms with Crippen molar-refractivity contribution >= 4 is 27.1 Å². The van der Waals surface area contributed by atoms with Crippen LogP contribution in [-0.4, -0.2) is 32.2 Å². The Labute approximate surface area is 156 Å². The minimum atomic E-state index is -0.711. The maximum atomic E-state index is 9.60. The van der Waals surface area contributed by atoms with Crippen LogP contribution in [0.3, 0.4) is 0 Å². The van der Waals surface area contributed by atoms with E-state index in [0.717, 1.165) is 6.42 Å². The van der Waals surface area contributed by atoms with E-state index in [1.807, 2.05) is 6.92 Å². The molecule has 0 rings (SSSR count). The van der Waals surface area contributed by atoms with E-state index in [2.05, 4.69) is 13.8 Å². The number of hydrogen-bond donors (Lipinski definition) is 1. The molecule has 0 aliphatic heterocycles. The van der Waals surface area contributed by atoms with Gasteiger partial charge in [-0.25, -0.2) is 0 Å². The summed E-state index contributed by atoms with van der Waals surface area (Å²) in [5.74, 6) is -0.711. The Hall–Kier alpha value is 0.269. The molecule has 0 bridgehead atoms. The summed E-state index contributed by atoms with van der Waals surface area (Å²) in [4.78, 5) is 9.60. The van der Waals surface area contributed by atoms with Gasteiger partial charge in [0.1, 0.15) is 0 Å². The van der Waals surface area contributed by atoms with Crippen molar-refractivity contribution in [1.29, 1.82) is 0 Å². The van der Waals surface area contributed by atoms with E-state index in [0.29, 0.717) is 6.42 Å². The summed E-state index contributed by atoms with van der Waals surface area (Å²) in [6.07, 6.45) is 18.9. The third-order valence-corrected chi connectivity index (χ3v) is 7.91. The van der Waals surface area contributed by atoms with Gasteiger partial charge in [-0.05, 0) is 6.42 Å². The molecule has 1 N–H and O–H groups in total. The van der Waals surface area contributed by atoms with Gasteiger partial charge in [-0.3, -0.25) is 4.79 Å². The van der Waals surface area contributed by atoms with Gasteiger partial charge >= 0.3 is 127 Å². The van der Waals surface area contributed by atoms with E-state index in [1.54, 1.807) is 21.7 Å². The molecular formula is C20H42O2Sn. The fraction of sp³-hybridized carbons (Fsp3) is 0.950. The van der Waals surface area contributed by atoms with Gasteiger partial charge in [0.15, 0.2) is 0 Å². The van der Waals surface area contributed by atoms with E-state index in [9.17, 15) is 4.79 Å². The van der Waals surface area contributed by atoms with Crippen molar-refractivity contribution in [2.24, 2.45) is 0 Å². The standard InChI is InChI=1S/2C8H17.C4H8O2.Sn/c2*1-3-5-7-8-6-4-2;1-2-3-4(5)6;/h2*1,3-8H2,2H3;2-3H2,1H3,(H,5,6);. The molecule has 0 atom stereocenters. The van der Waals surface area contributed by atoms with Gasteiger partial charge in [0.05, 0.1) is 0 Å². The number of carboxylic acids is 1.